The third-order valence-electron chi connectivity index (χ3n) is 3.67. The van der Waals surface area contributed by atoms with Crippen molar-refractivity contribution >= 4 is 16.9 Å². The fourth-order valence-electron chi connectivity index (χ4n) is 2.42. The molecule has 2 aromatic carbocycles. The molecule has 1 aromatic heterocycles. The number of carbonyl (C=O) groups excluding carboxylic acids is 1. The average molecular weight is 324 g/mol. The molecule has 0 bridgehead atoms. The second kappa shape index (κ2) is 6.58. The quantitative estimate of drug-likeness (QED) is 0.589. The number of ether oxygens (including phenoxy) is 1. The van der Waals surface area contributed by atoms with Crippen LogP contribution in [0.4, 0.5) is 0 Å². The molecule has 0 aliphatic carbocycles. The maximum absolute atomic E-state index is 12.0. The highest BCUT2D eigenvalue weighted by molar-refractivity contribution is 5.81. The first-order valence-corrected chi connectivity index (χ1v) is 7.48. The SMILES string of the molecule is Cc1ccc(CC(=O)OCc2cc(=O)oc3cc(O)ccc23)cc1. The summed E-state index contributed by atoms with van der Waals surface area (Å²) in [5.74, 6) is -0.377. The molecule has 0 amide bonds. The molecule has 24 heavy (non-hydrogen) atoms. The van der Waals surface area contributed by atoms with Crippen molar-refractivity contribution in [1.82, 2.24) is 0 Å². The minimum absolute atomic E-state index is 0.000772. The summed E-state index contributed by atoms with van der Waals surface area (Å²) in [6.45, 7) is 1.95. The molecule has 0 saturated heterocycles. The van der Waals surface area contributed by atoms with Gasteiger partial charge in [-0.3, -0.25) is 4.79 Å². The molecule has 0 fully saturated rings. The van der Waals surface area contributed by atoms with Gasteiger partial charge < -0.3 is 14.3 Å². The Kier molecular flexibility index (Phi) is 4.33. The molecular weight excluding hydrogens is 308 g/mol. The Morgan fingerprint density at radius 2 is 1.88 bits per heavy atom. The molecule has 3 aromatic rings. The van der Waals surface area contributed by atoms with Crippen LogP contribution in [0.2, 0.25) is 0 Å². The van der Waals surface area contributed by atoms with E-state index in [4.69, 9.17) is 9.15 Å². The van der Waals surface area contributed by atoms with Gasteiger partial charge in [0.25, 0.3) is 0 Å². The molecule has 5 heteroatoms. The van der Waals surface area contributed by atoms with Gasteiger partial charge in [0.15, 0.2) is 0 Å². The Morgan fingerprint density at radius 1 is 1.12 bits per heavy atom. The van der Waals surface area contributed by atoms with Crippen molar-refractivity contribution in [3.8, 4) is 5.75 Å². The van der Waals surface area contributed by atoms with Gasteiger partial charge in [0.2, 0.25) is 0 Å². The van der Waals surface area contributed by atoms with E-state index in [0.717, 1.165) is 11.1 Å². The molecule has 0 atom stereocenters. The molecular formula is C19H16O5. The second-order valence-electron chi connectivity index (χ2n) is 5.59. The largest absolute Gasteiger partial charge is 0.508 e. The number of rotatable bonds is 4. The Hall–Kier alpha value is -3.08. The molecule has 0 radical (unpaired) electrons. The Labute approximate surface area is 138 Å². The number of phenols is 1. The van der Waals surface area contributed by atoms with Crippen molar-refractivity contribution in [1.29, 1.82) is 0 Å². The van der Waals surface area contributed by atoms with E-state index in [9.17, 15) is 14.7 Å². The first-order chi connectivity index (χ1) is 11.5. The van der Waals surface area contributed by atoms with Crippen molar-refractivity contribution in [2.24, 2.45) is 0 Å². The first kappa shape index (κ1) is 15.8. The van der Waals surface area contributed by atoms with E-state index in [1.807, 2.05) is 31.2 Å². The zero-order valence-electron chi connectivity index (χ0n) is 13.1. The molecule has 0 aliphatic heterocycles. The van der Waals surface area contributed by atoms with Gasteiger partial charge in [-0.15, -0.1) is 0 Å². The molecule has 0 unspecified atom stereocenters. The summed E-state index contributed by atoms with van der Waals surface area (Å²) < 4.78 is 10.3. The molecule has 0 spiro atoms. The third kappa shape index (κ3) is 3.63. The van der Waals surface area contributed by atoms with Gasteiger partial charge >= 0.3 is 11.6 Å². The number of phenolic OH excluding ortho intramolecular Hbond substituents is 1. The summed E-state index contributed by atoms with van der Waals surface area (Å²) in [4.78, 5) is 23.6. The van der Waals surface area contributed by atoms with Gasteiger partial charge in [-0.2, -0.15) is 0 Å². The highest BCUT2D eigenvalue weighted by Crippen LogP contribution is 2.22. The Morgan fingerprint density at radius 3 is 2.62 bits per heavy atom. The summed E-state index contributed by atoms with van der Waals surface area (Å²) in [6.07, 6.45) is 0.167. The summed E-state index contributed by atoms with van der Waals surface area (Å²) in [5, 5.41) is 10.1. The molecule has 0 saturated carbocycles. The number of fused-ring (bicyclic) bond motifs is 1. The second-order valence-corrected chi connectivity index (χ2v) is 5.59. The number of aryl methyl sites for hydroxylation is 1. The maximum atomic E-state index is 12.0. The van der Waals surface area contributed by atoms with E-state index in [0.29, 0.717) is 10.9 Å². The fraction of sp³-hybridized carbons (Fsp3) is 0.158. The monoisotopic (exact) mass is 324 g/mol. The Bertz CT molecular complexity index is 938. The van der Waals surface area contributed by atoms with E-state index >= 15 is 0 Å². The number of carbonyl (C=O) groups is 1. The maximum Gasteiger partial charge on any atom is 0.336 e. The van der Waals surface area contributed by atoms with Gasteiger partial charge in [-0.05, 0) is 24.6 Å². The zero-order chi connectivity index (χ0) is 17.1. The summed E-state index contributed by atoms with van der Waals surface area (Å²) >= 11 is 0. The van der Waals surface area contributed by atoms with Gasteiger partial charge in [0.1, 0.15) is 17.9 Å². The van der Waals surface area contributed by atoms with Gasteiger partial charge in [0.05, 0.1) is 6.42 Å². The van der Waals surface area contributed by atoms with Crippen LogP contribution in [-0.2, 0) is 22.6 Å². The average Bonchev–Trinajstić information content (AvgIpc) is 2.54. The highest BCUT2D eigenvalue weighted by atomic mass is 16.5. The highest BCUT2D eigenvalue weighted by Gasteiger charge is 2.10. The van der Waals surface area contributed by atoms with Crippen LogP contribution >= 0.6 is 0 Å². The normalized spacial score (nSPS) is 10.7. The fourth-order valence-corrected chi connectivity index (χ4v) is 2.42. The standard InChI is InChI=1S/C19H16O5/c1-12-2-4-13(5-3-12)8-18(21)23-11-14-9-19(22)24-17-10-15(20)6-7-16(14)17/h2-7,9-10,20H,8,11H2,1H3. The number of hydrogen-bond acceptors (Lipinski definition) is 5. The van der Waals surface area contributed by atoms with Crippen molar-refractivity contribution in [3.63, 3.8) is 0 Å². The van der Waals surface area contributed by atoms with Crippen LogP contribution in [0.25, 0.3) is 11.0 Å². The lowest BCUT2D eigenvalue weighted by atomic mass is 10.1. The smallest absolute Gasteiger partial charge is 0.336 e. The van der Waals surface area contributed by atoms with Crippen LogP contribution in [0.15, 0.2) is 57.7 Å². The predicted molar refractivity (Wildman–Crippen MR) is 88.8 cm³/mol. The zero-order valence-corrected chi connectivity index (χ0v) is 13.1. The lowest BCUT2D eigenvalue weighted by Crippen LogP contribution is -2.10. The van der Waals surface area contributed by atoms with Crippen LogP contribution in [-0.4, -0.2) is 11.1 Å². The first-order valence-electron chi connectivity index (χ1n) is 7.48. The van der Waals surface area contributed by atoms with E-state index < -0.39 is 5.63 Å². The van der Waals surface area contributed by atoms with E-state index in [1.165, 1.54) is 18.2 Å². The number of hydrogen-bond donors (Lipinski definition) is 1. The van der Waals surface area contributed by atoms with E-state index in [-0.39, 0.29) is 30.3 Å². The van der Waals surface area contributed by atoms with Crippen molar-refractivity contribution in [2.75, 3.05) is 0 Å². The van der Waals surface area contributed by atoms with Crippen LogP contribution in [0, 0.1) is 6.92 Å². The van der Waals surface area contributed by atoms with E-state index in [2.05, 4.69) is 0 Å². The number of esters is 1. The minimum atomic E-state index is -0.558. The van der Waals surface area contributed by atoms with Crippen LogP contribution in [0.3, 0.4) is 0 Å². The lowest BCUT2D eigenvalue weighted by Gasteiger charge is -2.08. The van der Waals surface area contributed by atoms with Gasteiger partial charge in [-0.25, -0.2) is 4.79 Å². The molecule has 122 valence electrons. The summed E-state index contributed by atoms with van der Waals surface area (Å²) in [6, 6.07) is 13.4. The predicted octanol–water partition coefficient (Wildman–Crippen LogP) is 3.09. The molecule has 1 heterocycles. The van der Waals surface area contributed by atoms with Crippen LogP contribution in [0.1, 0.15) is 16.7 Å². The number of aromatic hydroxyl groups is 1. The Balaban J connectivity index is 1.74. The van der Waals surface area contributed by atoms with Crippen molar-refractivity contribution in [2.45, 2.75) is 20.0 Å². The van der Waals surface area contributed by atoms with Gasteiger partial charge in [0, 0.05) is 23.1 Å². The molecule has 1 N–H and O–H groups in total. The minimum Gasteiger partial charge on any atom is -0.508 e. The van der Waals surface area contributed by atoms with Crippen molar-refractivity contribution < 1.29 is 19.1 Å². The molecule has 5 nitrogen and oxygen atoms in total. The number of benzene rings is 2. The topological polar surface area (TPSA) is 76.7 Å². The van der Waals surface area contributed by atoms with Crippen LogP contribution in [0.5, 0.6) is 5.75 Å². The van der Waals surface area contributed by atoms with Crippen molar-refractivity contribution in [3.05, 3.63) is 75.6 Å². The third-order valence-corrected chi connectivity index (χ3v) is 3.67. The summed E-state index contributed by atoms with van der Waals surface area (Å²) in [7, 11) is 0. The van der Waals surface area contributed by atoms with Gasteiger partial charge in [-0.1, -0.05) is 29.8 Å². The summed E-state index contributed by atoms with van der Waals surface area (Å²) in [5.41, 5.74) is 2.23. The molecule has 3 rings (SSSR count). The molecule has 0 aliphatic rings. The van der Waals surface area contributed by atoms with Crippen LogP contribution < -0.4 is 5.63 Å². The lowest BCUT2D eigenvalue weighted by molar-refractivity contribution is -0.144. The van der Waals surface area contributed by atoms with E-state index in [1.54, 1.807) is 6.07 Å².